The second-order valence-corrected chi connectivity index (χ2v) is 6.31. The van der Waals surface area contributed by atoms with E-state index >= 15 is 0 Å². The van der Waals surface area contributed by atoms with E-state index in [0.29, 0.717) is 18.0 Å². The lowest BCUT2D eigenvalue weighted by molar-refractivity contribution is 0.202. The van der Waals surface area contributed by atoms with E-state index in [4.69, 9.17) is 10.5 Å². The van der Waals surface area contributed by atoms with Crippen LogP contribution >= 0.6 is 0 Å². The van der Waals surface area contributed by atoms with Crippen molar-refractivity contribution in [1.29, 1.82) is 0 Å². The summed E-state index contributed by atoms with van der Waals surface area (Å²) in [6, 6.07) is 3.17. The van der Waals surface area contributed by atoms with Crippen LogP contribution in [0.5, 0.6) is 5.75 Å². The van der Waals surface area contributed by atoms with Gasteiger partial charge in [0, 0.05) is 25.2 Å². The van der Waals surface area contributed by atoms with E-state index in [9.17, 15) is 4.39 Å². The highest BCUT2D eigenvalue weighted by molar-refractivity contribution is 5.70. The smallest absolute Gasteiger partial charge is 0.167 e. The SMILES string of the molecule is CCOc1cc(N2CCC3CCCCC3C2)c(N)cc1F. The van der Waals surface area contributed by atoms with Crippen LogP contribution in [0, 0.1) is 17.7 Å². The molecular weight excluding hydrogens is 267 g/mol. The van der Waals surface area contributed by atoms with Crippen molar-refractivity contribution in [3.05, 3.63) is 17.9 Å². The van der Waals surface area contributed by atoms with Crippen LogP contribution in [0.4, 0.5) is 15.8 Å². The molecule has 1 saturated carbocycles. The third-order valence-corrected chi connectivity index (χ3v) is 5.01. The summed E-state index contributed by atoms with van der Waals surface area (Å²) in [4.78, 5) is 2.32. The van der Waals surface area contributed by atoms with Crippen molar-refractivity contribution in [2.24, 2.45) is 11.8 Å². The van der Waals surface area contributed by atoms with Gasteiger partial charge in [0.1, 0.15) is 0 Å². The summed E-state index contributed by atoms with van der Waals surface area (Å²) >= 11 is 0. The van der Waals surface area contributed by atoms with Gasteiger partial charge in [0.05, 0.1) is 18.0 Å². The first-order valence-corrected chi connectivity index (χ1v) is 8.15. The predicted octanol–water partition coefficient (Wildman–Crippen LogP) is 3.82. The van der Waals surface area contributed by atoms with Crippen LogP contribution in [0.2, 0.25) is 0 Å². The summed E-state index contributed by atoms with van der Waals surface area (Å²) in [6.07, 6.45) is 6.65. The minimum atomic E-state index is -0.370. The van der Waals surface area contributed by atoms with Crippen LogP contribution in [0.25, 0.3) is 0 Å². The number of benzene rings is 1. The molecule has 1 heterocycles. The molecule has 0 spiro atoms. The zero-order valence-corrected chi connectivity index (χ0v) is 12.8. The highest BCUT2D eigenvalue weighted by Crippen LogP contribution is 2.40. The standard InChI is InChI=1S/C17H25FN2O/c1-2-21-17-10-16(15(19)9-14(17)18)20-8-7-12-5-3-4-6-13(12)11-20/h9-10,12-13H,2-8,11,19H2,1H3. The molecule has 2 N–H and O–H groups in total. The van der Waals surface area contributed by atoms with Gasteiger partial charge in [0.15, 0.2) is 11.6 Å². The van der Waals surface area contributed by atoms with Crippen molar-refractivity contribution in [3.8, 4) is 5.75 Å². The van der Waals surface area contributed by atoms with Crippen LogP contribution in [0.1, 0.15) is 39.0 Å². The summed E-state index contributed by atoms with van der Waals surface area (Å²) in [5.41, 5.74) is 7.50. The fourth-order valence-electron chi connectivity index (χ4n) is 3.92. The van der Waals surface area contributed by atoms with E-state index in [0.717, 1.165) is 30.6 Å². The molecule has 0 amide bonds. The summed E-state index contributed by atoms with van der Waals surface area (Å²) in [6.45, 7) is 4.39. The molecule has 3 rings (SSSR count). The quantitative estimate of drug-likeness (QED) is 0.861. The summed E-state index contributed by atoms with van der Waals surface area (Å²) < 4.78 is 19.2. The van der Waals surface area contributed by atoms with Gasteiger partial charge in [-0.2, -0.15) is 0 Å². The number of fused-ring (bicyclic) bond motifs is 1. The van der Waals surface area contributed by atoms with Gasteiger partial charge in [0.25, 0.3) is 0 Å². The maximum absolute atomic E-state index is 13.8. The Kier molecular flexibility index (Phi) is 4.22. The number of hydrogen-bond donors (Lipinski definition) is 1. The van der Waals surface area contributed by atoms with Crippen LogP contribution in [0.3, 0.4) is 0 Å². The van der Waals surface area contributed by atoms with E-state index in [1.165, 1.54) is 38.2 Å². The normalized spacial score (nSPS) is 25.5. The molecule has 0 radical (unpaired) electrons. The van der Waals surface area contributed by atoms with E-state index in [1.54, 1.807) is 6.07 Å². The molecule has 3 nitrogen and oxygen atoms in total. The van der Waals surface area contributed by atoms with Gasteiger partial charge < -0.3 is 15.4 Å². The molecule has 0 aromatic heterocycles. The number of piperidine rings is 1. The number of halogens is 1. The molecular formula is C17H25FN2O. The van der Waals surface area contributed by atoms with Gasteiger partial charge in [-0.25, -0.2) is 4.39 Å². The fraction of sp³-hybridized carbons (Fsp3) is 0.647. The zero-order chi connectivity index (χ0) is 14.8. The average Bonchev–Trinajstić information content (AvgIpc) is 2.49. The Morgan fingerprint density at radius 3 is 2.76 bits per heavy atom. The first kappa shape index (κ1) is 14.5. The third-order valence-electron chi connectivity index (χ3n) is 5.01. The predicted molar refractivity (Wildman–Crippen MR) is 84.3 cm³/mol. The van der Waals surface area contributed by atoms with Crippen molar-refractivity contribution < 1.29 is 9.13 Å². The summed E-state index contributed by atoms with van der Waals surface area (Å²) in [5, 5.41) is 0. The lowest BCUT2D eigenvalue weighted by Gasteiger charge is -2.42. The largest absolute Gasteiger partial charge is 0.491 e. The minimum Gasteiger partial charge on any atom is -0.491 e. The average molecular weight is 292 g/mol. The van der Waals surface area contributed by atoms with Crippen molar-refractivity contribution in [1.82, 2.24) is 0 Å². The van der Waals surface area contributed by atoms with Crippen LogP contribution in [-0.2, 0) is 0 Å². The molecule has 2 atom stereocenters. The molecule has 2 unspecified atom stereocenters. The van der Waals surface area contributed by atoms with E-state index < -0.39 is 0 Å². The maximum Gasteiger partial charge on any atom is 0.167 e. The van der Waals surface area contributed by atoms with Crippen LogP contribution in [0.15, 0.2) is 12.1 Å². The van der Waals surface area contributed by atoms with E-state index in [2.05, 4.69) is 4.90 Å². The Labute approximate surface area is 126 Å². The number of hydrogen-bond acceptors (Lipinski definition) is 3. The van der Waals surface area contributed by atoms with E-state index in [1.807, 2.05) is 6.92 Å². The second-order valence-electron chi connectivity index (χ2n) is 6.31. The first-order chi connectivity index (χ1) is 10.2. The molecule has 1 aliphatic heterocycles. The highest BCUT2D eigenvalue weighted by Gasteiger charge is 2.32. The molecule has 4 heteroatoms. The summed E-state index contributed by atoms with van der Waals surface area (Å²) in [7, 11) is 0. The molecule has 1 aliphatic carbocycles. The van der Waals surface area contributed by atoms with Crippen molar-refractivity contribution in [2.45, 2.75) is 39.0 Å². The minimum absolute atomic E-state index is 0.312. The fourth-order valence-corrected chi connectivity index (χ4v) is 3.92. The first-order valence-electron chi connectivity index (χ1n) is 8.15. The topological polar surface area (TPSA) is 38.5 Å². The van der Waals surface area contributed by atoms with Gasteiger partial charge in [-0.3, -0.25) is 0 Å². The summed E-state index contributed by atoms with van der Waals surface area (Å²) in [5.74, 6) is 1.59. The Bertz CT molecular complexity index is 506. The maximum atomic E-state index is 13.8. The molecule has 21 heavy (non-hydrogen) atoms. The van der Waals surface area contributed by atoms with Gasteiger partial charge in [-0.1, -0.05) is 19.3 Å². The monoisotopic (exact) mass is 292 g/mol. The second kappa shape index (κ2) is 6.12. The number of anilines is 2. The van der Waals surface area contributed by atoms with Crippen molar-refractivity contribution in [2.75, 3.05) is 30.3 Å². The molecule has 1 aromatic carbocycles. The molecule has 1 aromatic rings. The molecule has 0 bridgehead atoms. The van der Waals surface area contributed by atoms with Gasteiger partial charge >= 0.3 is 0 Å². The Morgan fingerprint density at radius 2 is 2.00 bits per heavy atom. The lowest BCUT2D eigenvalue weighted by atomic mass is 9.75. The number of nitrogens with zero attached hydrogens (tertiary/aromatic N) is 1. The third kappa shape index (κ3) is 2.94. The Hall–Kier alpha value is -1.45. The lowest BCUT2D eigenvalue weighted by Crippen LogP contribution is -2.42. The number of ether oxygens (including phenoxy) is 1. The number of rotatable bonds is 3. The van der Waals surface area contributed by atoms with Gasteiger partial charge in [-0.15, -0.1) is 0 Å². The van der Waals surface area contributed by atoms with Gasteiger partial charge in [0.2, 0.25) is 0 Å². The van der Waals surface area contributed by atoms with Crippen molar-refractivity contribution >= 4 is 11.4 Å². The Morgan fingerprint density at radius 1 is 1.24 bits per heavy atom. The number of nitrogens with two attached hydrogens (primary N) is 1. The molecule has 2 aliphatic rings. The number of nitrogen functional groups attached to an aromatic ring is 1. The molecule has 1 saturated heterocycles. The molecule has 116 valence electrons. The Balaban J connectivity index is 1.81. The van der Waals surface area contributed by atoms with Crippen LogP contribution < -0.4 is 15.4 Å². The van der Waals surface area contributed by atoms with Crippen LogP contribution in [-0.4, -0.2) is 19.7 Å². The van der Waals surface area contributed by atoms with Gasteiger partial charge in [-0.05, 0) is 31.6 Å². The van der Waals surface area contributed by atoms with E-state index in [-0.39, 0.29) is 5.82 Å². The van der Waals surface area contributed by atoms with Crippen molar-refractivity contribution in [3.63, 3.8) is 0 Å². The zero-order valence-electron chi connectivity index (χ0n) is 12.8. The molecule has 2 fully saturated rings. The highest BCUT2D eigenvalue weighted by atomic mass is 19.1.